The van der Waals surface area contributed by atoms with E-state index in [9.17, 15) is 4.79 Å². The van der Waals surface area contributed by atoms with E-state index in [1.54, 1.807) is 11.8 Å². The van der Waals surface area contributed by atoms with Crippen molar-refractivity contribution in [3.05, 3.63) is 34.7 Å². The number of benzene rings is 1. The largest absolute Gasteiger partial charge is 0.365 e. The van der Waals surface area contributed by atoms with Crippen molar-refractivity contribution in [1.29, 1.82) is 0 Å². The summed E-state index contributed by atoms with van der Waals surface area (Å²) < 4.78 is 2.79. The van der Waals surface area contributed by atoms with Crippen LogP contribution in [0.5, 0.6) is 0 Å². The number of aryl methyl sites for hydroxylation is 1. The highest BCUT2D eigenvalue weighted by molar-refractivity contribution is 8.00. The van der Waals surface area contributed by atoms with E-state index in [2.05, 4.69) is 0 Å². The fraction of sp³-hybridized carbons (Fsp3) is 0.167. The zero-order valence-electron chi connectivity index (χ0n) is 10.1. The Bertz CT molecular complexity index is 590. The highest BCUT2D eigenvalue weighted by atomic mass is 32.2. The molecule has 2 rings (SSSR count). The molecule has 0 aliphatic heterocycles. The normalized spacial score (nSPS) is 10.6. The number of anilines is 1. The maximum Gasteiger partial charge on any atom is 0.302 e. The van der Waals surface area contributed by atoms with Crippen LogP contribution in [0, 0.1) is 6.92 Å². The molecule has 0 saturated heterocycles. The number of amides is 1. The van der Waals surface area contributed by atoms with Crippen molar-refractivity contribution >= 4 is 34.8 Å². The van der Waals surface area contributed by atoms with Gasteiger partial charge in [0.05, 0.1) is 0 Å². The minimum absolute atomic E-state index is 0.403. The van der Waals surface area contributed by atoms with Crippen LogP contribution >= 0.6 is 23.1 Å². The Balaban J connectivity index is 2.62. The number of hydrogen-bond donors (Lipinski definition) is 2. The molecule has 4 nitrogen and oxygen atoms in total. The molecule has 0 unspecified atom stereocenters. The van der Waals surface area contributed by atoms with E-state index in [4.69, 9.17) is 11.5 Å². The zero-order chi connectivity index (χ0) is 13.3. The lowest BCUT2D eigenvalue weighted by molar-refractivity contribution is -0.613. The lowest BCUT2D eigenvalue weighted by atomic mass is 10.2. The summed E-state index contributed by atoms with van der Waals surface area (Å²) in [5.41, 5.74) is 13.4. The molecule has 1 aromatic carbocycles. The first-order valence-corrected chi connectivity index (χ1v) is 7.34. The SMILES string of the molecule is CSc1sc(C(N)=O)c(N)[n+]1-c1ccc(C)cc1. The Morgan fingerprint density at radius 2 is 1.94 bits per heavy atom. The summed E-state index contributed by atoms with van der Waals surface area (Å²) in [4.78, 5) is 11.7. The van der Waals surface area contributed by atoms with Gasteiger partial charge in [0.2, 0.25) is 4.34 Å². The number of aromatic nitrogens is 1. The molecule has 0 atom stereocenters. The van der Waals surface area contributed by atoms with Crippen molar-refractivity contribution in [1.82, 2.24) is 0 Å². The molecule has 94 valence electrons. The van der Waals surface area contributed by atoms with Crippen LogP contribution in [0.15, 0.2) is 28.6 Å². The third kappa shape index (κ3) is 2.21. The first-order valence-electron chi connectivity index (χ1n) is 5.29. The topological polar surface area (TPSA) is 73.0 Å². The van der Waals surface area contributed by atoms with Gasteiger partial charge in [-0.3, -0.25) is 10.5 Å². The Morgan fingerprint density at radius 1 is 1.33 bits per heavy atom. The van der Waals surface area contributed by atoms with Gasteiger partial charge in [-0.1, -0.05) is 40.8 Å². The third-order valence-corrected chi connectivity index (χ3v) is 4.79. The molecule has 4 N–H and O–H groups in total. The van der Waals surface area contributed by atoms with Gasteiger partial charge in [0, 0.05) is 0 Å². The summed E-state index contributed by atoms with van der Waals surface area (Å²) in [5.74, 6) is -0.0839. The Hall–Kier alpha value is -1.53. The van der Waals surface area contributed by atoms with Gasteiger partial charge in [-0.25, -0.2) is 0 Å². The van der Waals surface area contributed by atoms with Gasteiger partial charge >= 0.3 is 5.82 Å². The molecule has 0 fully saturated rings. The summed E-state index contributed by atoms with van der Waals surface area (Å²) in [5, 5.41) is 0. The number of rotatable bonds is 3. The molecule has 0 aliphatic carbocycles. The summed E-state index contributed by atoms with van der Waals surface area (Å²) in [7, 11) is 0. The quantitative estimate of drug-likeness (QED) is 0.664. The lowest BCUT2D eigenvalue weighted by Crippen LogP contribution is -2.34. The van der Waals surface area contributed by atoms with Crippen LogP contribution < -0.4 is 16.0 Å². The van der Waals surface area contributed by atoms with Crippen LogP contribution in [-0.2, 0) is 0 Å². The molecule has 1 amide bonds. The van der Waals surface area contributed by atoms with E-state index < -0.39 is 5.91 Å². The van der Waals surface area contributed by atoms with E-state index in [-0.39, 0.29) is 0 Å². The standard InChI is InChI=1S/C12H13N3OS2/c1-7-3-5-8(6-4-7)15-10(13)9(11(14)16)18-12(15)17-2/h3-6H,1-2H3,(H3-,13,14,16)/p+1. The van der Waals surface area contributed by atoms with Crippen LogP contribution in [-0.4, -0.2) is 12.2 Å². The predicted molar refractivity (Wildman–Crippen MR) is 75.3 cm³/mol. The fourth-order valence-electron chi connectivity index (χ4n) is 1.63. The maximum absolute atomic E-state index is 11.3. The van der Waals surface area contributed by atoms with Crippen LogP contribution in [0.4, 0.5) is 5.82 Å². The minimum atomic E-state index is -0.487. The second-order valence-corrected chi connectivity index (χ2v) is 5.87. The predicted octanol–water partition coefficient (Wildman–Crippen LogP) is 1.74. The van der Waals surface area contributed by atoms with Crippen molar-refractivity contribution in [2.45, 2.75) is 11.3 Å². The monoisotopic (exact) mass is 280 g/mol. The van der Waals surface area contributed by atoms with Crippen molar-refractivity contribution in [2.75, 3.05) is 12.0 Å². The van der Waals surface area contributed by atoms with Gasteiger partial charge in [-0.05, 0) is 25.3 Å². The summed E-state index contributed by atoms with van der Waals surface area (Å²) in [6.07, 6.45) is 1.95. The van der Waals surface area contributed by atoms with E-state index >= 15 is 0 Å². The van der Waals surface area contributed by atoms with Crippen LogP contribution in [0.2, 0.25) is 0 Å². The highest BCUT2D eigenvalue weighted by Gasteiger charge is 2.25. The van der Waals surface area contributed by atoms with Gasteiger partial charge in [0.1, 0.15) is 5.69 Å². The van der Waals surface area contributed by atoms with Gasteiger partial charge in [0.25, 0.3) is 5.91 Å². The van der Waals surface area contributed by atoms with Crippen LogP contribution in [0.3, 0.4) is 0 Å². The molecule has 0 bridgehead atoms. The smallest absolute Gasteiger partial charge is 0.302 e. The van der Waals surface area contributed by atoms with Crippen LogP contribution in [0.25, 0.3) is 5.69 Å². The number of thiazole rings is 1. The molecular formula is C12H14N3OS2+. The van der Waals surface area contributed by atoms with Crippen molar-refractivity contribution in [3.63, 3.8) is 0 Å². The maximum atomic E-state index is 11.3. The number of nitrogen functional groups attached to an aromatic ring is 1. The van der Waals surface area contributed by atoms with Gasteiger partial charge < -0.3 is 5.73 Å². The third-order valence-electron chi connectivity index (χ3n) is 2.54. The number of nitrogens with zero attached hydrogens (tertiary/aromatic N) is 1. The Labute approximate surface area is 114 Å². The average molecular weight is 280 g/mol. The number of thioether (sulfide) groups is 1. The fourth-order valence-corrected chi connectivity index (χ4v) is 3.37. The molecule has 0 radical (unpaired) electrons. The number of primary amides is 1. The first-order chi connectivity index (χ1) is 8.54. The molecule has 0 saturated carbocycles. The van der Waals surface area contributed by atoms with Gasteiger partial charge in [-0.2, -0.15) is 4.57 Å². The summed E-state index contributed by atoms with van der Waals surface area (Å²) in [6, 6.07) is 7.97. The number of hydrogen-bond acceptors (Lipinski definition) is 4. The molecular weight excluding hydrogens is 266 g/mol. The van der Waals surface area contributed by atoms with Gasteiger partial charge in [0.15, 0.2) is 4.88 Å². The Morgan fingerprint density at radius 3 is 2.44 bits per heavy atom. The first kappa shape index (κ1) is 12.9. The molecule has 0 aliphatic rings. The molecule has 0 spiro atoms. The van der Waals surface area contributed by atoms with E-state index in [0.29, 0.717) is 10.7 Å². The molecule has 1 aromatic heterocycles. The number of carbonyl (C=O) groups excluding carboxylic acids is 1. The van der Waals surface area contributed by atoms with E-state index in [1.165, 1.54) is 16.9 Å². The van der Waals surface area contributed by atoms with Crippen molar-refractivity contribution < 1.29 is 9.36 Å². The Kier molecular flexibility index (Phi) is 3.58. The van der Waals surface area contributed by atoms with Crippen LogP contribution in [0.1, 0.15) is 15.2 Å². The lowest BCUT2D eigenvalue weighted by Gasteiger charge is -2.01. The van der Waals surface area contributed by atoms with Gasteiger partial charge in [-0.15, -0.1) is 0 Å². The second-order valence-electron chi connectivity index (χ2n) is 3.82. The summed E-state index contributed by atoms with van der Waals surface area (Å²) in [6.45, 7) is 2.02. The average Bonchev–Trinajstić information content (AvgIpc) is 2.67. The van der Waals surface area contributed by atoms with Crippen molar-refractivity contribution in [2.24, 2.45) is 5.73 Å². The zero-order valence-corrected chi connectivity index (χ0v) is 11.8. The molecule has 2 aromatic rings. The second kappa shape index (κ2) is 4.99. The van der Waals surface area contributed by atoms with Crippen molar-refractivity contribution in [3.8, 4) is 5.69 Å². The van der Waals surface area contributed by atoms with E-state index in [0.717, 1.165) is 10.0 Å². The minimum Gasteiger partial charge on any atom is -0.365 e. The van der Waals surface area contributed by atoms with E-state index in [1.807, 2.05) is 42.0 Å². The molecule has 18 heavy (non-hydrogen) atoms. The number of nitrogens with two attached hydrogens (primary N) is 2. The highest BCUT2D eigenvalue weighted by Crippen LogP contribution is 2.27. The number of carbonyl (C=O) groups is 1. The molecule has 6 heteroatoms. The molecule has 1 heterocycles. The summed E-state index contributed by atoms with van der Waals surface area (Å²) >= 11 is 2.86.